The number of nitrogens with one attached hydrogen (secondary N) is 1. The number of carbonyl (C=O) groups is 1. The lowest BCUT2D eigenvalue weighted by Crippen LogP contribution is -2.47. The topological polar surface area (TPSA) is 80.5 Å². The van der Waals surface area contributed by atoms with E-state index in [2.05, 4.69) is 15.5 Å². The number of nitrogens with zero attached hydrogens (tertiary/aromatic N) is 3. The molecule has 20 heavy (non-hydrogen) atoms. The van der Waals surface area contributed by atoms with Gasteiger partial charge in [-0.05, 0) is 0 Å². The first-order valence-corrected chi connectivity index (χ1v) is 6.81. The first kappa shape index (κ1) is 14.8. The summed E-state index contributed by atoms with van der Waals surface area (Å²) in [5.41, 5.74) is -0.167. The Morgan fingerprint density at radius 2 is 2.20 bits per heavy atom. The smallest absolute Gasteiger partial charge is 0.315 e. The molecule has 1 fully saturated rings. The minimum atomic E-state index is -0.167. The van der Waals surface area contributed by atoms with Gasteiger partial charge in [-0.1, -0.05) is 25.9 Å². The van der Waals surface area contributed by atoms with Crippen molar-refractivity contribution >= 4 is 11.9 Å². The molecule has 1 aliphatic rings. The maximum Gasteiger partial charge on any atom is 0.315 e. The van der Waals surface area contributed by atoms with E-state index in [4.69, 9.17) is 9.15 Å². The normalized spacial score (nSPS) is 20.0. The number of rotatable bonds is 3. The van der Waals surface area contributed by atoms with Crippen LogP contribution in [0.25, 0.3) is 0 Å². The molecule has 0 aromatic carbocycles. The van der Waals surface area contributed by atoms with Gasteiger partial charge >= 0.3 is 6.01 Å². The molecule has 1 aromatic rings. The van der Waals surface area contributed by atoms with E-state index in [9.17, 15) is 4.79 Å². The zero-order valence-electron chi connectivity index (χ0n) is 12.5. The van der Waals surface area contributed by atoms with Gasteiger partial charge in [0.15, 0.2) is 0 Å². The number of amides is 1. The first-order chi connectivity index (χ1) is 9.36. The SMILES string of the molecule is CC(=O)N1CCO[C@H](CNc2nnc(C(C)(C)C)o2)C1. The molecule has 1 saturated heterocycles. The molecule has 1 N–H and O–H groups in total. The molecule has 1 amide bonds. The van der Waals surface area contributed by atoms with E-state index in [0.717, 1.165) is 0 Å². The second kappa shape index (κ2) is 5.78. The predicted molar refractivity (Wildman–Crippen MR) is 73.5 cm³/mol. The third kappa shape index (κ3) is 3.69. The molecule has 112 valence electrons. The summed E-state index contributed by atoms with van der Waals surface area (Å²) in [5.74, 6) is 0.668. The molecule has 0 saturated carbocycles. The molecule has 1 atom stereocenters. The number of morpholine rings is 1. The molecule has 0 bridgehead atoms. The van der Waals surface area contributed by atoms with Crippen LogP contribution in [0.4, 0.5) is 6.01 Å². The molecule has 7 nitrogen and oxygen atoms in total. The van der Waals surface area contributed by atoms with Crippen LogP contribution in [0.5, 0.6) is 0 Å². The minimum absolute atomic E-state index is 0.0577. The molecule has 0 aliphatic carbocycles. The molecule has 1 aromatic heterocycles. The van der Waals surface area contributed by atoms with Crippen molar-refractivity contribution in [1.29, 1.82) is 0 Å². The Morgan fingerprint density at radius 1 is 1.45 bits per heavy atom. The van der Waals surface area contributed by atoms with Crippen molar-refractivity contribution < 1.29 is 13.9 Å². The van der Waals surface area contributed by atoms with Crippen LogP contribution in [0.15, 0.2) is 4.42 Å². The lowest BCUT2D eigenvalue weighted by Gasteiger charge is -2.32. The summed E-state index contributed by atoms with van der Waals surface area (Å²) in [5, 5.41) is 11.0. The highest BCUT2D eigenvalue weighted by Gasteiger charge is 2.24. The summed E-state index contributed by atoms with van der Waals surface area (Å²) < 4.78 is 11.2. The number of hydrogen-bond donors (Lipinski definition) is 1. The molecule has 2 rings (SSSR count). The summed E-state index contributed by atoms with van der Waals surface area (Å²) in [6.07, 6.45) is -0.0577. The van der Waals surface area contributed by atoms with Gasteiger partial charge in [0.2, 0.25) is 11.8 Å². The van der Waals surface area contributed by atoms with Gasteiger partial charge in [-0.3, -0.25) is 4.79 Å². The Bertz CT molecular complexity index is 466. The summed E-state index contributed by atoms with van der Waals surface area (Å²) in [4.78, 5) is 13.1. The van der Waals surface area contributed by atoms with Crippen molar-refractivity contribution in [3.63, 3.8) is 0 Å². The van der Waals surface area contributed by atoms with Crippen LogP contribution in [0.1, 0.15) is 33.6 Å². The van der Waals surface area contributed by atoms with Gasteiger partial charge in [0.1, 0.15) is 0 Å². The van der Waals surface area contributed by atoms with Gasteiger partial charge in [0.25, 0.3) is 0 Å². The molecular weight excluding hydrogens is 260 g/mol. The van der Waals surface area contributed by atoms with Crippen LogP contribution in [0, 0.1) is 0 Å². The monoisotopic (exact) mass is 282 g/mol. The Hall–Kier alpha value is -1.63. The van der Waals surface area contributed by atoms with Crippen molar-refractivity contribution in [1.82, 2.24) is 15.1 Å². The van der Waals surface area contributed by atoms with Crippen molar-refractivity contribution in [2.75, 3.05) is 31.6 Å². The predicted octanol–water partition coefficient (Wildman–Crippen LogP) is 1.03. The fraction of sp³-hybridized carbons (Fsp3) is 0.769. The fourth-order valence-electron chi connectivity index (χ4n) is 1.93. The molecule has 0 radical (unpaired) electrons. The van der Waals surface area contributed by atoms with Gasteiger partial charge in [0.05, 0.1) is 12.7 Å². The summed E-state index contributed by atoms with van der Waals surface area (Å²) in [6, 6.07) is 0.387. The van der Waals surface area contributed by atoms with Crippen LogP contribution in [-0.2, 0) is 14.9 Å². The number of aromatic nitrogens is 2. The summed E-state index contributed by atoms with van der Waals surface area (Å²) >= 11 is 0. The molecule has 1 aliphatic heterocycles. The van der Waals surface area contributed by atoms with E-state index in [0.29, 0.717) is 38.1 Å². The second-order valence-corrected chi connectivity index (χ2v) is 6.00. The largest absolute Gasteiger partial charge is 0.408 e. The highest BCUT2D eigenvalue weighted by Crippen LogP contribution is 2.21. The fourth-order valence-corrected chi connectivity index (χ4v) is 1.93. The molecular formula is C13H22N4O3. The zero-order valence-corrected chi connectivity index (χ0v) is 12.5. The Kier molecular flexibility index (Phi) is 4.27. The average Bonchev–Trinajstić information content (AvgIpc) is 2.85. The lowest BCUT2D eigenvalue weighted by atomic mass is 9.97. The Balaban J connectivity index is 1.86. The van der Waals surface area contributed by atoms with Crippen molar-refractivity contribution in [3.8, 4) is 0 Å². The van der Waals surface area contributed by atoms with Gasteiger partial charge in [0, 0.05) is 32.0 Å². The third-order valence-electron chi connectivity index (χ3n) is 3.13. The zero-order chi connectivity index (χ0) is 14.8. The van der Waals surface area contributed by atoms with Gasteiger partial charge in [-0.15, -0.1) is 5.10 Å². The van der Waals surface area contributed by atoms with Gasteiger partial charge in [-0.25, -0.2) is 0 Å². The number of anilines is 1. The Labute approximate surface area is 118 Å². The first-order valence-electron chi connectivity index (χ1n) is 6.81. The average molecular weight is 282 g/mol. The molecule has 0 spiro atoms. The second-order valence-electron chi connectivity index (χ2n) is 6.00. The molecule has 2 heterocycles. The van der Waals surface area contributed by atoms with E-state index < -0.39 is 0 Å². The minimum Gasteiger partial charge on any atom is -0.408 e. The van der Waals surface area contributed by atoms with Crippen molar-refractivity contribution in [2.24, 2.45) is 0 Å². The van der Waals surface area contributed by atoms with Crippen LogP contribution < -0.4 is 5.32 Å². The van der Waals surface area contributed by atoms with Crippen LogP contribution in [0.3, 0.4) is 0 Å². The number of carbonyl (C=O) groups excluding carboxylic acids is 1. The van der Waals surface area contributed by atoms with Gasteiger partial charge in [-0.2, -0.15) is 0 Å². The van der Waals surface area contributed by atoms with Crippen molar-refractivity contribution in [2.45, 2.75) is 39.2 Å². The van der Waals surface area contributed by atoms with Crippen LogP contribution in [0.2, 0.25) is 0 Å². The standard InChI is InChI=1S/C13H22N4O3/c1-9(18)17-5-6-19-10(8-17)7-14-12-16-15-11(20-12)13(2,3)4/h10H,5-8H2,1-4H3,(H,14,16)/t10-/m1/s1. The lowest BCUT2D eigenvalue weighted by molar-refractivity contribution is -0.135. The van der Waals surface area contributed by atoms with E-state index in [1.54, 1.807) is 11.8 Å². The van der Waals surface area contributed by atoms with E-state index >= 15 is 0 Å². The summed E-state index contributed by atoms with van der Waals surface area (Å²) in [6.45, 7) is 9.95. The maximum absolute atomic E-state index is 11.3. The van der Waals surface area contributed by atoms with Crippen molar-refractivity contribution in [3.05, 3.63) is 5.89 Å². The highest BCUT2D eigenvalue weighted by molar-refractivity contribution is 5.73. The maximum atomic E-state index is 11.3. The van der Waals surface area contributed by atoms with E-state index in [1.807, 2.05) is 20.8 Å². The van der Waals surface area contributed by atoms with Crippen LogP contribution >= 0.6 is 0 Å². The summed E-state index contributed by atoms with van der Waals surface area (Å²) in [7, 11) is 0. The number of ether oxygens (including phenoxy) is 1. The molecule has 0 unspecified atom stereocenters. The molecule has 7 heteroatoms. The number of hydrogen-bond acceptors (Lipinski definition) is 6. The van der Waals surface area contributed by atoms with E-state index in [-0.39, 0.29) is 17.4 Å². The van der Waals surface area contributed by atoms with Crippen LogP contribution in [-0.4, -0.2) is 53.3 Å². The van der Waals surface area contributed by atoms with E-state index in [1.165, 1.54) is 0 Å². The quantitative estimate of drug-likeness (QED) is 0.891. The highest BCUT2D eigenvalue weighted by atomic mass is 16.5. The third-order valence-corrected chi connectivity index (χ3v) is 3.13. The van der Waals surface area contributed by atoms with Gasteiger partial charge < -0.3 is 19.4 Å². The Morgan fingerprint density at radius 3 is 2.80 bits per heavy atom.